The van der Waals surface area contributed by atoms with Gasteiger partial charge in [-0.05, 0) is 37.7 Å². The fourth-order valence-corrected chi connectivity index (χ4v) is 2.56. The molecule has 0 radical (unpaired) electrons. The quantitative estimate of drug-likeness (QED) is 0.797. The van der Waals surface area contributed by atoms with E-state index in [0.717, 1.165) is 12.5 Å². The summed E-state index contributed by atoms with van der Waals surface area (Å²) in [7, 11) is 0. The van der Waals surface area contributed by atoms with E-state index >= 15 is 0 Å². The highest BCUT2D eigenvalue weighted by Crippen LogP contribution is 2.35. The minimum atomic E-state index is -0.551. The van der Waals surface area contributed by atoms with Crippen molar-refractivity contribution in [3.05, 3.63) is 35.4 Å². The molecule has 1 aromatic rings. The highest BCUT2D eigenvalue weighted by molar-refractivity contribution is 5.22. The van der Waals surface area contributed by atoms with Crippen LogP contribution in [0.2, 0.25) is 0 Å². The second-order valence-corrected chi connectivity index (χ2v) is 5.25. The molecule has 0 saturated heterocycles. The fourth-order valence-electron chi connectivity index (χ4n) is 2.56. The van der Waals surface area contributed by atoms with Crippen molar-refractivity contribution in [1.29, 1.82) is 0 Å². The van der Waals surface area contributed by atoms with E-state index in [4.69, 9.17) is 5.11 Å². The molecule has 2 rings (SSSR count). The van der Waals surface area contributed by atoms with Gasteiger partial charge in [-0.2, -0.15) is 0 Å². The average molecular weight is 269 g/mol. The zero-order valence-corrected chi connectivity index (χ0v) is 11.2. The van der Waals surface area contributed by atoms with Crippen LogP contribution in [0.25, 0.3) is 0 Å². The van der Waals surface area contributed by atoms with Crippen LogP contribution in [0.15, 0.2) is 18.2 Å². The number of rotatable bonds is 7. The molecule has 2 unspecified atom stereocenters. The summed E-state index contributed by atoms with van der Waals surface area (Å²) in [5.74, 6) is -0.465. The largest absolute Gasteiger partial charge is 0.396 e. The maximum absolute atomic E-state index is 13.8. The molecule has 2 atom stereocenters. The number of nitrogens with one attached hydrogen (secondary N) is 1. The van der Waals surface area contributed by atoms with Gasteiger partial charge in [0.05, 0.1) is 0 Å². The van der Waals surface area contributed by atoms with Crippen LogP contribution in [0.4, 0.5) is 8.78 Å². The molecule has 1 aliphatic rings. The average Bonchev–Trinajstić information content (AvgIpc) is 3.19. The minimum absolute atomic E-state index is 0.127. The van der Waals surface area contributed by atoms with Crippen LogP contribution >= 0.6 is 0 Å². The minimum Gasteiger partial charge on any atom is -0.396 e. The number of benzene rings is 1. The van der Waals surface area contributed by atoms with Crippen LogP contribution in [0.3, 0.4) is 0 Å². The Morgan fingerprint density at radius 3 is 2.63 bits per heavy atom. The summed E-state index contributed by atoms with van der Waals surface area (Å²) >= 11 is 0. The van der Waals surface area contributed by atoms with E-state index in [2.05, 4.69) is 5.32 Å². The second kappa shape index (κ2) is 6.44. The molecule has 106 valence electrons. The Balaban J connectivity index is 2.09. The lowest BCUT2D eigenvalue weighted by molar-refractivity contribution is 0.246. The van der Waals surface area contributed by atoms with Gasteiger partial charge in [-0.15, -0.1) is 0 Å². The Morgan fingerprint density at radius 1 is 1.37 bits per heavy atom. The van der Waals surface area contributed by atoms with Crippen molar-refractivity contribution < 1.29 is 13.9 Å². The molecule has 2 N–H and O–H groups in total. The van der Waals surface area contributed by atoms with Crippen molar-refractivity contribution in [3.63, 3.8) is 0 Å². The van der Waals surface area contributed by atoms with Crippen LogP contribution in [-0.2, 0) is 0 Å². The third-order valence-electron chi connectivity index (χ3n) is 3.79. The number of aliphatic hydroxyl groups excluding tert-OH is 1. The molecule has 0 aromatic heterocycles. The highest BCUT2D eigenvalue weighted by atomic mass is 19.1. The van der Waals surface area contributed by atoms with Crippen LogP contribution in [0.1, 0.15) is 44.2 Å². The first kappa shape index (κ1) is 14.4. The van der Waals surface area contributed by atoms with Crippen LogP contribution < -0.4 is 5.32 Å². The maximum atomic E-state index is 13.8. The number of halogens is 2. The Labute approximate surface area is 112 Å². The monoisotopic (exact) mass is 269 g/mol. The number of aliphatic hydroxyl groups is 1. The van der Waals surface area contributed by atoms with E-state index in [1.165, 1.54) is 25.0 Å². The molecule has 0 spiro atoms. The zero-order chi connectivity index (χ0) is 13.8. The Hall–Kier alpha value is -1.00. The molecule has 1 aromatic carbocycles. The van der Waals surface area contributed by atoms with Crippen LogP contribution in [0.5, 0.6) is 0 Å². The third-order valence-corrected chi connectivity index (χ3v) is 3.79. The van der Waals surface area contributed by atoms with Gasteiger partial charge in [-0.25, -0.2) is 8.78 Å². The molecule has 4 heteroatoms. The van der Waals surface area contributed by atoms with E-state index in [1.807, 2.05) is 6.92 Å². The summed E-state index contributed by atoms with van der Waals surface area (Å²) in [5.41, 5.74) is 0.507. The topological polar surface area (TPSA) is 32.3 Å². The molecule has 19 heavy (non-hydrogen) atoms. The van der Waals surface area contributed by atoms with Crippen LogP contribution in [0, 0.1) is 17.6 Å². The van der Waals surface area contributed by atoms with Gasteiger partial charge < -0.3 is 10.4 Å². The Bertz CT molecular complexity index is 421. The van der Waals surface area contributed by atoms with E-state index in [0.29, 0.717) is 17.9 Å². The van der Waals surface area contributed by atoms with Gasteiger partial charge in [0.1, 0.15) is 11.6 Å². The first-order chi connectivity index (χ1) is 9.15. The molecule has 1 aliphatic carbocycles. The molecular formula is C15H21F2NO. The number of hydrogen-bond donors (Lipinski definition) is 2. The molecule has 1 saturated carbocycles. The fraction of sp³-hybridized carbons (Fsp3) is 0.600. The predicted octanol–water partition coefficient (Wildman–Crippen LogP) is 3.17. The van der Waals surface area contributed by atoms with Crippen molar-refractivity contribution in [1.82, 2.24) is 5.32 Å². The smallest absolute Gasteiger partial charge is 0.130 e. The summed E-state index contributed by atoms with van der Waals surface area (Å²) in [4.78, 5) is 0. The lowest BCUT2D eigenvalue weighted by Crippen LogP contribution is -2.35. The molecule has 0 bridgehead atoms. The van der Waals surface area contributed by atoms with Crippen molar-refractivity contribution in [2.75, 3.05) is 6.61 Å². The molecule has 0 amide bonds. The summed E-state index contributed by atoms with van der Waals surface area (Å²) in [6, 6.07) is 3.82. The normalized spacial score (nSPS) is 18.3. The summed E-state index contributed by atoms with van der Waals surface area (Å²) < 4.78 is 26.8. The summed E-state index contributed by atoms with van der Waals surface area (Å²) in [5, 5.41) is 12.5. The van der Waals surface area contributed by atoms with E-state index in [1.54, 1.807) is 0 Å². The van der Waals surface area contributed by atoms with Gasteiger partial charge in [0.2, 0.25) is 0 Å². The third kappa shape index (κ3) is 3.74. The SMILES string of the molecule is CCC(NC(CCO)C1CC1)c1ccc(F)cc1F. The standard InChI is InChI=1S/C15H21F2NO/c1-2-14(12-6-5-11(16)9-13(12)17)18-15(7-8-19)10-3-4-10/h5-6,9-10,14-15,18-19H,2-4,7-8H2,1H3. The highest BCUT2D eigenvalue weighted by Gasteiger charge is 2.32. The van der Waals surface area contributed by atoms with Gasteiger partial charge in [0.15, 0.2) is 0 Å². The molecule has 2 nitrogen and oxygen atoms in total. The molecule has 0 aliphatic heterocycles. The Kier molecular flexibility index (Phi) is 4.88. The van der Waals surface area contributed by atoms with Crippen molar-refractivity contribution in [2.45, 2.75) is 44.7 Å². The van der Waals surface area contributed by atoms with E-state index in [-0.39, 0.29) is 18.7 Å². The Morgan fingerprint density at radius 2 is 2.11 bits per heavy atom. The lowest BCUT2D eigenvalue weighted by atomic mass is 10.0. The second-order valence-electron chi connectivity index (χ2n) is 5.25. The van der Waals surface area contributed by atoms with Gasteiger partial charge in [0.25, 0.3) is 0 Å². The van der Waals surface area contributed by atoms with Gasteiger partial charge in [-0.3, -0.25) is 0 Å². The number of hydrogen-bond acceptors (Lipinski definition) is 2. The van der Waals surface area contributed by atoms with Crippen LogP contribution in [-0.4, -0.2) is 17.8 Å². The first-order valence-electron chi connectivity index (χ1n) is 6.97. The van der Waals surface area contributed by atoms with Crippen molar-refractivity contribution >= 4 is 0 Å². The molecular weight excluding hydrogens is 248 g/mol. The van der Waals surface area contributed by atoms with Gasteiger partial charge in [0, 0.05) is 30.3 Å². The molecule has 1 fully saturated rings. The summed E-state index contributed by atoms with van der Waals surface area (Å²) in [6.07, 6.45) is 3.75. The molecule has 0 heterocycles. The van der Waals surface area contributed by atoms with E-state index < -0.39 is 11.6 Å². The zero-order valence-electron chi connectivity index (χ0n) is 11.2. The summed E-state index contributed by atoms with van der Waals surface area (Å²) in [6.45, 7) is 2.11. The van der Waals surface area contributed by atoms with Gasteiger partial charge in [-0.1, -0.05) is 13.0 Å². The van der Waals surface area contributed by atoms with Gasteiger partial charge >= 0.3 is 0 Å². The van der Waals surface area contributed by atoms with Crippen molar-refractivity contribution in [3.8, 4) is 0 Å². The predicted molar refractivity (Wildman–Crippen MR) is 70.7 cm³/mol. The van der Waals surface area contributed by atoms with E-state index in [9.17, 15) is 8.78 Å². The maximum Gasteiger partial charge on any atom is 0.130 e. The van der Waals surface area contributed by atoms with Crippen molar-refractivity contribution in [2.24, 2.45) is 5.92 Å². The lowest BCUT2D eigenvalue weighted by Gasteiger charge is -2.25. The first-order valence-corrected chi connectivity index (χ1v) is 6.97.